The van der Waals surface area contributed by atoms with Crippen LogP contribution in [0.2, 0.25) is 0 Å². The summed E-state index contributed by atoms with van der Waals surface area (Å²) >= 11 is 0. The van der Waals surface area contributed by atoms with Crippen molar-refractivity contribution < 1.29 is 19.4 Å². The Kier molecular flexibility index (Phi) is 4.55. The minimum Gasteiger partial charge on any atom is -0.481 e. The third-order valence-electron chi connectivity index (χ3n) is 2.73. The van der Waals surface area contributed by atoms with E-state index in [1.54, 1.807) is 0 Å². The van der Waals surface area contributed by atoms with E-state index in [2.05, 4.69) is 0 Å². The van der Waals surface area contributed by atoms with E-state index < -0.39 is 5.97 Å². The molecule has 0 radical (unpaired) electrons. The topological polar surface area (TPSA) is 89.6 Å². The van der Waals surface area contributed by atoms with Crippen molar-refractivity contribution in [2.45, 2.75) is 38.2 Å². The zero-order chi connectivity index (χ0) is 11.3. The lowest BCUT2D eigenvalue weighted by molar-refractivity contribution is -0.143. The molecule has 1 amide bonds. The molecule has 3 N–H and O–H groups in total. The number of hydrogen-bond acceptors (Lipinski definition) is 3. The Balaban J connectivity index is 2.14. The molecule has 0 atom stereocenters. The SMILES string of the molecule is NC(=O)CCOC1CCC(C(=O)O)CC1. The Morgan fingerprint density at radius 1 is 1.27 bits per heavy atom. The molecule has 1 fully saturated rings. The van der Waals surface area contributed by atoms with Crippen LogP contribution in [0.1, 0.15) is 32.1 Å². The van der Waals surface area contributed by atoms with Crippen LogP contribution in [0.25, 0.3) is 0 Å². The zero-order valence-corrected chi connectivity index (χ0v) is 8.65. The largest absolute Gasteiger partial charge is 0.481 e. The smallest absolute Gasteiger partial charge is 0.306 e. The monoisotopic (exact) mass is 215 g/mol. The molecular formula is C10H17NO4. The van der Waals surface area contributed by atoms with Crippen LogP contribution in [0.5, 0.6) is 0 Å². The second-order valence-electron chi connectivity index (χ2n) is 3.90. The van der Waals surface area contributed by atoms with E-state index in [-0.39, 0.29) is 24.3 Å². The Morgan fingerprint density at radius 3 is 2.33 bits per heavy atom. The standard InChI is InChI=1S/C10H17NO4/c11-9(12)5-6-15-8-3-1-7(2-4-8)10(13)14/h7-8H,1-6H2,(H2,11,12)(H,13,14). The van der Waals surface area contributed by atoms with Crippen molar-refractivity contribution in [2.24, 2.45) is 11.7 Å². The third kappa shape index (κ3) is 4.29. The van der Waals surface area contributed by atoms with Crippen molar-refractivity contribution in [2.75, 3.05) is 6.61 Å². The third-order valence-corrected chi connectivity index (χ3v) is 2.73. The minimum absolute atomic E-state index is 0.0972. The number of carbonyl (C=O) groups is 2. The molecule has 0 aromatic heterocycles. The number of carbonyl (C=O) groups excluding carboxylic acids is 1. The molecule has 0 unspecified atom stereocenters. The van der Waals surface area contributed by atoms with Crippen LogP contribution in [-0.2, 0) is 14.3 Å². The highest BCUT2D eigenvalue weighted by atomic mass is 16.5. The van der Waals surface area contributed by atoms with Crippen LogP contribution in [0, 0.1) is 5.92 Å². The van der Waals surface area contributed by atoms with Gasteiger partial charge in [0.15, 0.2) is 0 Å². The molecule has 0 aliphatic heterocycles. The summed E-state index contributed by atoms with van der Waals surface area (Å²) < 4.78 is 5.43. The Morgan fingerprint density at radius 2 is 1.87 bits per heavy atom. The predicted molar refractivity (Wildman–Crippen MR) is 53.1 cm³/mol. The van der Waals surface area contributed by atoms with Crippen molar-refractivity contribution >= 4 is 11.9 Å². The summed E-state index contributed by atoms with van der Waals surface area (Å²) in [5.74, 6) is -1.30. The molecule has 0 saturated heterocycles. The average Bonchev–Trinajstić information content (AvgIpc) is 2.18. The number of rotatable bonds is 5. The fourth-order valence-electron chi connectivity index (χ4n) is 1.80. The molecular weight excluding hydrogens is 198 g/mol. The van der Waals surface area contributed by atoms with Crippen molar-refractivity contribution in [1.82, 2.24) is 0 Å². The fraction of sp³-hybridized carbons (Fsp3) is 0.800. The van der Waals surface area contributed by atoms with Gasteiger partial charge in [-0.3, -0.25) is 9.59 Å². The summed E-state index contributed by atoms with van der Waals surface area (Å²) in [4.78, 5) is 21.1. The summed E-state index contributed by atoms with van der Waals surface area (Å²) in [6, 6.07) is 0. The van der Waals surface area contributed by atoms with Crippen LogP contribution < -0.4 is 5.73 Å². The van der Waals surface area contributed by atoms with Crippen LogP contribution in [0.3, 0.4) is 0 Å². The summed E-state index contributed by atoms with van der Waals surface area (Å²) in [6.07, 6.45) is 3.18. The molecule has 1 aliphatic rings. The van der Waals surface area contributed by atoms with Gasteiger partial charge in [0.1, 0.15) is 0 Å². The maximum absolute atomic E-state index is 10.7. The second kappa shape index (κ2) is 5.70. The quantitative estimate of drug-likeness (QED) is 0.699. The predicted octanol–water partition coefficient (Wildman–Crippen LogP) is 0.522. The van der Waals surface area contributed by atoms with E-state index in [0.717, 1.165) is 12.8 Å². The van der Waals surface area contributed by atoms with E-state index in [9.17, 15) is 9.59 Å². The maximum atomic E-state index is 10.7. The Hall–Kier alpha value is -1.10. The van der Waals surface area contributed by atoms with E-state index >= 15 is 0 Å². The fourth-order valence-corrected chi connectivity index (χ4v) is 1.80. The van der Waals surface area contributed by atoms with Gasteiger partial charge in [-0.15, -0.1) is 0 Å². The molecule has 1 saturated carbocycles. The second-order valence-corrected chi connectivity index (χ2v) is 3.90. The van der Waals surface area contributed by atoms with Crippen molar-refractivity contribution in [3.63, 3.8) is 0 Å². The van der Waals surface area contributed by atoms with Gasteiger partial charge in [0.25, 0.3) is 0 Å². The van der Waals surface area contributed by atoms with Crippen molar-refractivity contribution in [3.05, 3.63) is 0 Å². The lowest BCUT2D eigenvalue weighted by atomic mass is 9.87. The molecule has 0 aromatic carbocycles. The lowest BCUT2D eigenvalue weighted by Gasteiger charge is -2.25. The van der Waals surface area contributed by atoms with Crippen LogP contribution in [0.4, 0.5) is 0 Å². The molecule has 5 nitrogen and oxygen atoms in total. The van der Waals surface area contributed by atoms with Gasteiger partial charge in [-0.1, -0.05) is 0 Å². The maximum Gasteiger partial charge on any atom is 0.306 e. The summed E-state index contributed by atoms with van der Waals surface area (Å²) in [5.41, 5.74) is 4.97. The van der Waals surface area contributed by atoms with Crippen molar-refractivity contribution in [1.29, 1.82) is 0 Å². The first kappa shape index (κ1) is 12.0. The molecule has 0 aromatic rings. The number of amides is 1. The van der Waals surface area contributed by atoms with Gasteiger partial charge in [-0.2, -0.15) is 0 Å². The molecule has 0 bridgehead atoms. The molecule has 1 aliphatic carbocycles. The summed E-state index contributed by atoms with van der Waals surface area (Å²) in [5, 5.41) is 8.77. The van der Waals surface area contributed by atoms with Gasteiger partial charge < -0.3 is 15.6 Å². The van der Waals surface area contributed by atoms with Gasteiger partial charge in [0.05, 0.1) is 18.6 Å². The zero-order valence-electron chi connectivity index (χ0n) is 8.65. The Labute approximate surface area is 88.6 Å². The molecule has 0 heterocycles. The normalized spacial score (nSPS) is 26.1. The Bertz CT molecular complexity index is 231. The summed E-state index contributed by atoms with van der Waals surface area (Å²) in [6.45, 7) is 0.345. The number of carboxylic acid groups (broad SMARTS) is 1. The van der Waals surface area contributed by atoms with E-state index in [0.29, 0.717) is 19.4 Å². The first-order valence-electron chi connectivity index (χ1n) is 5.22. The van der Waals surface area contributed by atoms with E-state index in [1.165, 1.54) is 0 Å². The van der Waals surface area contributed by atoms with E-state index in [1.807, 2.05) is 0 Å². The van der Waals surface area contributed by atoms with E-state index in [4.69, 9.17) is 15.6 Å². The number of aliphatic carboxylic acids is 1. The van der Waals surface area contributed by atoms with Crippen LogP contribution >= 0.6 is 0 Å². The van der Waals surface area contributed by atoms with Gasteiger partial charge in [-0.05, 0) is 25.7 Å². The lowest BCUT2D eigenvalue weighted by Crippen LogP contribution is -2.27. The molecule has 0 spiro atoms. The molecule has 5 heteroatoms. The highest BCUT2D eigenvalue weighted by Gasteiger charge is 2.26. The highest BCUT2D eigenvalue weighted by Crippen LogP contribution is 2.26. The van der Waals surface area contributed by atoms with Crippen LogP contribution in [-0.4, -0.2) is 29.7 Å². The first-order chi connectivity index (χ1) is 7.09. The first-order valence-corrected chi connectivity index (χ1v) is 5.22. The van der Waals surface area contributed by atoms with Crippen LogP contribution in [0.15, 0.2) is 0 Å². The van der Waals surface area contributed by atoms with Gasteiger partial charge >= 0.3 is 5.97 Å². The van der Waals surface area contributed by atoms with Gasteiger partial charge in [0.2, 0.25) is 5.91 Å². The number of nitrogens with two attached hydrogens (primary N) is 1. The number of hydrogen-bond donors (Lipinski definition) is 2. The molecule has 15 heavy (non-hydrogen) atoms. The minimum atomic E-state index is -0.717. The highest BCUT2D eigenvalue weighted by molar-refractivity contribution is 5.73. The average molecular weight is 215 g/mol. The number of ether oxygens (including phenoxy) is 1. The summed E-state index contributed by atoms with van der Waals surface area (Å²) in [7, 11) is 0. The van der Waals surface area contributed by atoms with Gasteiger partial charge in [-0.25, -0.2) is 0 Å². The molecule has 1 rings (SSSR count). The number of carboxylic acids is 1. The molecule has 86 valence electrons. The van der Waals surface area contributed by atoms with Crippen molar-refractivity contribution in [3.8, 4) is 0 Å². The number of primary amides is 1. The van der Waals surface area contributed by atoms with Gasteiger partial charge in [0, 0.05) is 6.42 Å².